The van der Waals surface area contributed by atoms with E-state index in [0.717, 1.165) is 10.8 Å². The monoisotopic (exact) mass is 478 g/mol. The molecule has 0 saturated heterocycles. The Morgan fingerprint density at radius 2 is 1.65 bits per heavy atom. The van der Waals surface area contributed by atoms with Gasteiger partial charge in [-0.3, -0.25) is 4.79 Å². The summed E-state index contributed by atoms with van der Waals surface area (Å²) in [7, 11) is 0. The van der Waals surface area contributed by atoms with Gasteiger partial charge in [-0.15, -0.1) is 0 Å². The lowest BCUT2D eigenvalue weighted by Crippen LogP contribution is -2.17. The van der Waals surface area contributed by atoms with Crippen LogP contribution in [0.2, 0.25) is 0 Å². The van der Waals surface area contributed by atoms with Gasteiger partial charge in [-0.05, 0) is 60.8 Å². The molecule has 0 unspecified atom stereocenters. The Hall–Kier alpha value is -2.58. The van der Waals surface area contributed by atoms with Crippen molar-refractivity contribution in [3.8, 4) is 17.2 Å². The van der Waals surface area contributed by atoms with Crippen molar-refractivity contribution in [2.45, 2.75) is 0 Å². The fraction of sp³-hybridized carbons (Fsp3) is 0. The molecule has 0 spiro atoms. The van der Waals surface area contributed by atoms with Gasteiger partial charge >= 0.3 is 0 Å². The number of fused-ring (bicyclic) bond motifs is 1. The number of rotatable bonds is 3. The Kier molecular flexibility index (Phi) is 5.15. The summed E-state index contributed by atoms with van der Waals surface area (Å²) in [5.41, 5.74) is 2.65. The summed E-state index contributed by atoms with van der Waals surface area (Å²) in [6.45, 7) is 0. The first-order valence-electron chi connectivity index (χ1n) is 7.33. The number of amides is 1. The number of phenols is 3. The van der Waals surface area contributed by atoms with E-state index in [9.17, 15) is 20.1 Å². The molecule has 0 aliphatic carbocycles. The topological polar surface area (TPSA) is 102 Å². The number of nitrogens with one attached hydrogen (secondary N) is 1. The minimum absolute atomic E-state index is 0.0816. The minimum Gasteiger partial charge on any atom is -0.507 e. The van der Waals surface area contributed by atoms with Gasteiger partial charge in [-0.25, -0.2) is 5.43 Å². The predicted molar refractivity (Wildman–Crippen MR) is 106 cm³/mol. The number of hydrazone groups is 1. The van der Waals surface area contributed by atoms with Crippen molar-refractivity contribution in [2.75, 3.05) is 0 Å². The number of aromatic hydroxyl groups is 3. The predicted octanol–water partition coefficient (Wildman–Crippen LogP) is 4.25. The van der Waals surface area contributed by atoms with Gasteiger partial charge in [-0.2, -0.15) is 5.10 Å². The molecule has 1 amide bonds. The molecule has 8 heteroatoms. The molecule has 3 aromatic rings. The number of benzene rings is 3. The summed E-state index contributed by atoms with van der Waals surface area (Å²) in [6, 6.07) is 11.9. The molecule has 3 aromatic carbocycles. The van der Waals surface area contributed by atoms with Gasteiger partial charge < -0.3 is 15.3 Å². The summed E-state index contributed by atoms with van der Waals surface area (Å²) in [4.78, 5) is 12.3. The van der Waals surface area contributed by atoms with Crippen molar-refractivity contribution >= 4 is 54.8 Å². The molecular weight excluding hydrogens is 468 g/mol. The van der Waals surface area contributed by atoms with E-state index >= 15 is 0 Å². The molecule has 0 bridgehead atoms. The van der Waals surface area contributed by atoms with E-state index in [-0.39, 0.29) is 32.8 Å². The molecule has 26 heavy (non-hydrogen) atoms. The highest BCUT2D eigenvalue weighted by molar-refractivity contribution is 9.11. The highest BCUT2D eigenvalue weighted by Gasteiger charge is 2.14. The standard InChI is InChI=1S/C18H12Br2N2O4/c19-13-6-11(16(24)15(20)17(13)25)8-21-22-18(26)12-5-9-3-1-2-4-10(9)7-14(12)23/h1-8,23-25H,(H,22,26)/b21-8-. The van der Waals surface area contributed by atoms with Crippen LogP contribution in [0.3, 0.4) is 0 Å². The highest BCUT2D eigenvalue weighted by atomic mass is 79.9. The van der Waals surface area contributed by atoms with Crippen LogP contribution in [0.15, 0.2) is 56.5 Å². The first kappa shape index (κ1) is 18.2. The summed E-state index contributed by atoms with van der Waals surface area (Å²) >= 11 is 6.21. The molecule has 132 valence electrons. The van der Waals surface area contributed by atoms with Gasteiger partial charge in [0.15, 0.2) is 0 Å². The average Bonchev–Trinajstić information content (AvgIpc) is 2.63. The number of phenolic OH excluding ortho intramolecular Hbond substituents is 3. The van der Waals surface area contributed by atoms with Crippen LogP contribution in [0.1, 0.15) is 15.9 Å². The van der Waals surface area contributed by atoms with Crippen LogP contribution < -0.4 is 5.43 Å². The van der Waals surface area contributed by atoms with Gasteiger partial charge in [0, 0.05) is 5.56 Å². The van der Waals surface area contributed by atoms with Gasteiger partial charge in [-0.1, -0.05) is 24.3 Å². The van der Waals surface area contributed by atoms with Crippen molar-refractivity contribution in [1.82, 2.24) is 5.43 Å². The zero-order chi connectivity index (χ0) is 18.8. The summed E-state index contributed by atoms with van der Waals surface area (Å²) in [5.74, 6) is -1.13. The number of nitrogens with zero attached hydrogens (tertiary/aromatic N) is 1. The number of carbonyl (C=O) groups is 1. The van der Waals surface area contributed by atoms with E-state index in [0.29, 0.717) is 4.47 Å². The molecule has 0 aliphatic rings. The van der Waals surface area contributed by atoms with Gasteiger partial charge in [0.05, 0.1) is 16.3 Å². The maximum atomic E-state index is 12.3. The van der Waals surface area contributed by atoms with Crippen molar-refractivity contribution < 1.29 is 20.1 Å². The smallest absolute Gasteiger partial charge is 0.275 e. The largest absolute Gasteiger partial charge is 0.507 e. The zero-order valence-corrected chi connectivity index (χ0v) is 16.2. The Bertz CT molecular complexity index is 1050. The van der Waals surface area contributed by atoms with Gasteiger partial charge in [0.25, 0.3) is 5.91 Å². The Morgan fingerprint density at radius 1 is 1.00 bits per heavy atom. The molecule has 0 atom stereocenters. The van der Waals surface area contributed by atoms with Crippen LogP contribution in [0.25, 0.3) is 10.8 Å². The van der Waals surface area contributed by atoms with E-state index in [1.165, 1.54) is 18.3 Å². The van der Waals surface area contributed by atoms with Crippen molar-refractivity contribution in [3.05, 3.63) is 62.5 Å². The van der Waals surface area contributed by atoms with E-state index in [2.05, 4.69) is 42.4 Å². The van der Waals surface area contributed by atoms with Gasteiger partial charge in [0.1, 0.15) is 21.7 Å². The summed E-state index contributed by atoms with van der Waals surface area (Å²) in [5, 5.41) is 35.1. The normalized spacial score (nSPS) is 11.2. The molecule has 0 fully saturated rings. The fourth-order valence-electron chi connectivity index (χ4n) is 2.35. The fourth-order valence-corrected chi connectivity index (χ4v) is 3.50. The molecule has 4 N–H and O–H groups in total. The van der Waals surface area contributed by atoms with E-state index < -0.39 is 5.91 Å². The highest BCUT2D eigenvalue weighted by Crippen LogP contribution is 2.40. The van der Waals surface area contributed by atoms with Crippen molar-refractivity contribution in [2.24, 2.45) is 5.10 Å². The van der Waals surface area contributed by atoms with Crippen LogP contribution in [-0.2, 0) is 0 Å². The van der Waals surface area contributed by atoms with Crippen LogP contribution in [0, 0.1) is 0 Å². The molecule has 0 aromatic heterocycles. The lowest BCUT2D eigenvalue weighted by molar-refractivity contribution is 0.0952. The summed E-state index contributed by atoms with van der Waals surface area (Å²) < 4.78 is 0.453. The zero-order valence-electron chi connectivity index (χ0n) is 13.1. The summed E-state index contributed by atoms with van der Waals surface area (Å²) in [6.07, 6.45) is 1.22. The quantitative estimate of drug-likeness (QED) is 0.333. The SMILES string of the molecule is O=C(N/N=C\c1cc(Br)c(O)c(Br)c1O)c1cc2ccccc2cc1O. The molecule has 0 aliphatic heterocycles. The first-order chi connectivity index (χ1) is 12.4. The van der Waals surface area contributed by atoms with Crippen LogP contribution in [0.5, 0.6) is 17.2 Å². The molecule has 0 radical (unpaired) electrons. The van der Waals surface area contributed by atoms with Crippen LogP contribution in [-0.4, -0.2) is 27.4 Å². The lowest BCUT2D eigenvalue weighted by atomic mass is 10.1. The van der Waals surface area contributed by atoms with Crippen LogP contribution >= 0.6 is 31.9 Å². The maximum absolute atomic E-state index is 12.3. The molecule has 3 rings (SSSR count). The van der Waals surface area contributed by atoms with E-state index in [1.807, 2.05) is 24.3 Å². The molecule has 0 saturated carbocycles. The minimum atomic E-state index is -0.596. The second kappa shape index (κ2) is 7.35. The van der Waals surface area contributed by atoms with Crippen LogP contribution in [0.4, 0.5) is 0 Å². The Labute approximate surface area is 165 Å². The number of hydrogen-bond donors (Lipinski definition) is 4. The number of carbonyl (C=O) groups excluding carboxylic acids is 1. The third kappa shape index (κ3) is 3.51. The van der Waals surface area contributed by atoms with Crippen molar-refractivity contribution in [3.63, 3.8) is 0 Å². The lowest BCUT2D eigenvalue weighted by Gasteiger charge is -2.07. The van der Waals surface area contributed by atoms with Gasteiger partial charge in [0.2, 0.25) is 0 Å². The average molecular weight is 480 g/mol. The van der Waals surface area contributed by atoms with E-state index in [4.69, 9.17) is 0 Å². The maximum Gasteiger partial charge on any atom is 0.275 e. The molecular formula is C18H12Br2N2O4. The first-order valence-corrected chi connectivity index (χ1v) is 8.92. The van der Waals surface area contributed by atoms with Crippen molar-refractivity contribution in [1.29, 1.82) is 0 Å². The second-order valence-corrected chi connectivity index (χ2v) is 7.02. The second-order valence-electron chi connectivity index (χ2n) is 5.37. The number of halogens is 2. The Morgan fingerprint density at radius 3 is 2.35 bits per heavy atom. The molecule has 0 heterocycles. The van der Waals surface area contributed by atoms with E-state index in [1.54, 1.807) is 6.07 Å². The third-order valence-electron chi connectivity index (χ3n) is 3.68. The third-order valence-corrected chi connectivity index (χ3v) is 5.03. The number of hydrogen-bond acceptors (Lipinski definition) is 5. The Balaban J connectivity index is 1.83. The molecule has 6 nitrogen and oxygen atoms in total.